The molecule has 0 N–H and O–H groups in total. The largest absolute Gasteiger partial charge is 0.369 e. The predicted octanol–water partition coefficient (Wildman–Crippen LogP) is 3.12. The van der Waals surface area contributed by atoms with Crippen molar-refractivity contribution in [3.63, 3.8) is 0 Å². The number of hydrogen-bond acceptors (Lipinski definition) is 1. The van der Waals surface area contributed by atoms with Crippen molar-refractivity contribution in [1.82, 2.24) is 4.90 Å². The Morgan fingerprint density at radius 2 is 2.23 bits per heavy atom. The molecule has 0 amide bonds. The molecule has 72 valence electrons. The molecule has 1 saturated heterocycles. The molecule has 1 rings (SSSR count). The number of hydrogen-bond donors (Lipinski definition) is 0. The van der Waals surface area contributed by atoms with E-state index in [1.54, 1.807) is 0 Å². The molecule has 0 aliphatic carbocycles. The van der Waals surface area contributed by atoms with Gasteiger partial charge in [0.25, 0.3) is 0 Å². The van der Waals surface area contributed by atoms with Gasteiger partial charge in [-0.1, -0.05) is 18.7 Å². The van der Waals surface area contributed by atoms with Crippen molar-refractivity contribution in [3.05, 3.63) is 36.6 Å². The van der Waals surface area contributed by atoms with Crippen LogP contribution < -0.4 is 0 Å². The predicted molar refractivity (Wildman–Crippen MR) is 58.5 cm³/mol. The summed E-state index contributed by atoms with van der Waals surface area (Å²) in [7, 11) is 0. The third-order valence-corrected chi connectivity index (χ3v) is 2.49. The van der Waals surface area contributed by atoms with E-state index in [1.165, 1.54) is 18.5 Å². The molecule has 1 fully saturated rings. The molecule has 1 nitrogen and oxygen atoms in total. The molecule has 1 aliphatic heterocycles. The normalized spacial score (nSPS) is 23.4. The van der Waals surface area contributed by atoms with E-state index >= 15 is 0 Å². The second-order valence-electron chi connectivity index (χ2n) is 3.80. The van der Waals surface area contributed by atoms with Crippen molar-refractivity contribution >= 4 is 0 Å². The second-order valence-corrected chi connectivity index (χ2v) is 3.80. The van der Waals surface area contributed by atoms with Gasteiger partial charge in [0.15, 0.2) is 0 Å². The summed E-state index contributed by atoms with van der Waals surface area (Å²) >= 11 is 0. The highest BCUT2D eigenvalue weighted by molar-refractivity contribution is 5.26. The molecule has 0 aromatic carbocycles. The molecule has 0 radical (unpaired) electrons. The molecule has 0 bridgehead atoms. The molecule has 0 spiro atoms. The molecular formula is C12H19N. The van der Waals surface area contributed by atoms with Crippen LogP contribution >= 0.6 is 0 Å². The van der Waals surface area contributed by atoms with Gasteiger partial charge in [0.1, 0.15) is 0 Å². The highest BCUT2D eigenvalue weighted by atomic mass is 15.2. The van der Waals surface area contributed by atoms with Crippen molar-refractivity contribution in [3.8, 4) is 0 Å². The Hall–Kier alpha value is -0.980. The summed E-state index contributed by atoms with van der Waals surface area (Å²) in [6, 6.07) is 0.656. The summed E-state index contributed by atoms with van der Waals surface area (Å²) in [5.41, 5.74) is 2.31. The number of nitrogens with zero attached hydrogens (tertiary/aromatic N) is 1. The molecule has 1 heterocycles. The first kappa shape index (κ1) is 10.1. The van der Waals surface area contributed by atoms with Crippen LogP contribution in [0.4, 0.5) is 0 Å². The van der Waals surface area contributed by atoms with Crippen molar-refractivity contribution in [2.75, 3.05) is 6.54 Å². The second kappa shape index (κ2) is 4.31. The zero-order valence-electron chi connectivity index (χ0n) is 8.71. The Balaban J connectivity index is 2.76. The number of likely N-dealkylation sites (tertiary alicyclic amines) is 1. The quantitative estimate of drug-likeness (QED) is 0.599. The molecule has 0 aromatic heterocycles. The van der Waals surface area contributed by atoms with Crippen LogP contribution in [-0.2, 0) is 0 Å². The van der Waals surface area contributed by atoms with Gasteiger partial charge in [-0.2, -0.15) is 0 Å². The molecule has 0 saturated carbocycles. The van der Waals surface area contributed by atoms with E-state index < -0.39 is 0 Å². The van der Waals surface area contributed by atoms with E-state index in [2.05, 4.69) is 31.1 Å². The Kier molecular flexibility index (Phi) is 3.35. The summed E-state index contributed by atoms with van der Waals surface area (Å²) in [4.78, 5) is 2.40. The van der Waals surface area contributed by atoms with Gasteiger partial charge in [-0.3, -0.25) is 0 Å². The zero-order chi connectivity index (χ0) is 9.84. The number of rotatable bonds is 3. The standard InChI is InChI=1S/C12H19N/c1-5-12(9-10(2)3)13-8-6-7-11(13)4/h5,9,11H,1-2,6-8H2,3-4H3/b12-9+. The molecule has 1 unspecified atom stereocenters. The van der Waals surface area contributed by atoms with Crippen LogP contribution in [0.1, 0.15) is 26.7 Å². The molecule has 1 aliphatic rings. The molecule has 0 aromatic rings. The Morgan fingerprint density at radius 3 is 2.62 bits per heavy atom. The van der Waals surface area contributed by atoms with E-state index in [1.807, 2.05) is 13.0 Å². The average molecular weight is 177 g/mol. The van der Waals surface area contributed by atoms with Gasteiger partial charge in [0.2, 0.25) is 0 Å². The minimum atomic E-state index is 0.656. The van der Waals surface area contributed by atoms with Gasteiger partial charge >= 0.3 is 0 Å². The summed E-state index contributed by atoms with van der Waals surface area (Å²) in [6.07, 6.45) is 6.62. The van der Waals surface area contributed by atoms with Crippen molar-refractivity contribution in [2.45, 2.75) is 32.7 Å². The fraction of sp³-hybridized carbons (Fsp3) is 0.500. The molecule has 1 heteroatoms. The summed E-state index contributed by atoms with van der Waals surface area (Å²) in [5, 5.41) is 0. The maximum Gasteiger partial charge on any atom is 0.0365 e. The summed E-state index contributed by atoms with van der Waals surface area (Å²) in [5.74, 6) is 0. The fourth-order valence-electron chi connectivity index (χ4n) is 1.83. The zero-order valence-corrected chi connectivity index (χ0v) is 8.71. The van der Waals surface area contributed by atoms with Crippen LogP contribution in [0.25, 0.3) is 0 Å². The minimum absolute atomic E-state index is 0.656. The lowest BCUT2D eigenvalue weighted by Gasteiger charge is -2.24. The first-order valence-corrected chi connectivity index (χ1v) is 4.91. The van der Waals surface area contributed by atoms with Gasteiger partial charge in [0, 0.05) is 18.3 Å². The maximum atomic E-state index is 3.89. The Bertz CT molecular complexity index is 238. The first-order chi connectivity index (χ1) is 6.15. The van der Waals surface area contributed by atoms with Crippen molar-refractivity contribution < 1.29 is 0 Å². The van der Waals surface area contributed by atoms with Gasteiger partial charge < -0.3 is 4.90 Å². The Morgan fingerprint density at radius 1 is 1.54 bits per heavy atom. The smallest absolute Gasteiger partial charge is 0.0365 e. The lowest BCUT2D eigenvalue weighted by molar-refractivity contribution is 0.350. The van der Waals surface area contributed by atoms with E-state index in [0.29, 0.717) is 6.04 Å². The van der Waals surface area contributed by atoms with E-state index in [-0.39, 0.29) is 0 Å². The van der Waals surface area contributed by atoms with Crippen molar-refractivity contribution in [1.29, 1.82) is 0 Å². The van der Waals surface area contributed by atoms with Crippen LogP contribution in [0.3, 0.4) is 0 Å². The first-order valence-electron chi connectivity index (χ1n) is 4.91. The molecule has 13 heavy (non-hydrogen) atoms. The SMILES string of the molecule is C=C/C(=C\C(=C)C)N1CCCC1C. The van der Waals surface area contributed by atoms with Gasteiger partial charge in [-0.05, 0) is 38.8 Å². The fourth-order valence-corrected chi connectivity index (χ4v) is 1.83. The Labute approximate surface area is 81.4 Å². The van der Waals surface area contributed by atoms with Gasteiger partial charge in [-0.15, -0.1) is 0 Å². The lowest BCUT2D eigenvalue weighted by atomic mass is 10.2. The lowest BCUT2D eigenvalue weighted by Crippen LogP contribution is -2.25. The van der Waals surface area contributed by atoms with E-state index in [9.17, 15) is 0 Å². The van der Waals surface area contributed by atoms with Crippen LogP contribution in [0.2, 0.25) is 0 Å². The monoisotopic (exact) mass is 177 g/mol. The topological polar surface area (TPSA) is 3.24 Å². The van der Waals surface area contributed by atoms with E-state index in [0.717, 1.165) is 12.1 Å². The van der Waals surface area contributed by atoms with Crippen LogP contribution in [0.5, 0.6) is 0 Å². The minimum Gasteiger partial charge on any atom is -0.369 e. The highest BCUT2D eigenvalue weighted by Gasteiger charge is 2.20. The highest BCUT2D eigenvalue weighted by Crippen LogP contribution is 2.22. The third-order valence-electron chi connectivity index (χ3n) is 2.49. The average Bonchev–Trinajstić information content (AvgIpc) is 2.47. The molecular weight excluding hydrogens is 158 g/mol. The maximum absolute atomic E-state index is 3.89. The van der Waals surface area contributed by atoms with Crippen LogP contribution in [0, 0.1) is 0 Å². The van der Waals surface area contributed by atoms with Gasteiger partial charge in [-0.25, -0.2) is 0 Å². The third kappa shape index (κ3) is 2.48. The van der Waals surface area contributed by atoms with Gasteiger partial charge in [0.05, 0.1) is 0 Å². The summed E-state index contributed by atoms with van der Waals surface area (Å²) < 4.78 is 0. The van der Waals surface area contributed by atoms with Crippen LogP contribution in [-0.4, -0.2) is 17.5 Å². The number of allylic oxidation sites excluding steroid dienone is 3. The van der Waals surface area contributed by atoms with E-state index in [4.69, 9.17) is 0 Å². The van der Waals surface area contributed by atoms with Crippen molar-refractivity contribution in [2.24, 2.45) is 0 Å². The summed E-state index contributed by atoms with van der Waals surface area (Å²) in [6.45, 7) is 13.2. The molecule has 1 atom stereocenters. The van der Waals surface area contributed by atoms with Crippen LogP contribution in [0.15, 0.2) is 36.6 Å².